The van der Waals surface area contributed by atoms with Crippen molar-refractivity contribution >= 4 is 5.69 Å². The Balaban J connectivity index is 1.72. The lowest BCUT2D eigenvalue weighted by Crippen LogP contribution is -2.60. The Hall–Kier alpha value is -1.22. The molecule has 0 heterocycles. The lowest BCUT2D eigenvalue weighted by atomic mass is 9.60. The number of hydrogen-bond acceptors (Lipinski definition) is 3. The van der Waals surface area contributed by atoms with Crippen molar-refractivity contribution in [3.8, 4) is 5.75 Å². The van der Waals surface area contributed by atoms with Crippen LogP contribution in [0.3, 0.4) is 0 Å². The molecule has 2 aliphatic rings. The molecule has 20 heavy (non-hydrogen) atoms. The van der Waals surface area contributed by atoms with Crippen LogP contribution in [0.4, 0.5) is 5.69 Å². The molecule has 2 unspecified atom stereocenters. The van der Waals surface area contributed by atoms with Crippen LogP contribution in [0.15, 0.2) is 18.2 Å². The van der Waals surface area contributed by atoms with Gasteiger partial charge in [0.2, 0.25) is 0 Å². The summed E-state index contributed by atoms with van der Waals surface area (Å²) in [6.45, 7) is 4.85. The van der Waals surface area contributed by atoms with Crippen LogP contribution in [0.1, 0.15) is 44.6 Å². The van der Waals surface area contributed by atoms with Crippen LogP contribution >= 0.6 is 0 Å². The maximum absolute atomic E-state index is 9.62. The van der Waals surface area contributed by atoms with Gasteiger partial charge in [0.15, 0.2) is 0 Å². The van der Waals surface area contributed by atoms with Gasteiger partial charge in [-0.15, -0.1) is 0 Å². The summed E-state index contributed by atoms with van der Waals surface area (Å²) in [7, 11) is 0. The lowest BCUT2D eigenvalue weighted by Gasteiger charge is -2.54. The average Bonchev–Trinajstić information content (AvgIpc) is 2.94. The standard InChI is InChI=1S/C17H25NO2/c1-3-20-16-11-15(17(16)8-4-5-9-17)18-13-6-7-14(19)12(2)10-13/h6-7,10,15-16,18-19H,3-5,8-9,11H2,1-2H3. The van der Waals surface area contributed by atoms with Gasteiger partial charge in [-0.25, -0.2) is 0 Å². The zero-order valence-electron chi connectivity index (χ0n) is 12.5. The van der Waals surface area contributed by atoms with Gasteiger partial charge in [-0.05, 0) is 56.9 Å². The van der Waals surface area contributed by atoms with Gasteiger partial charge in [-0.2, -0.15) is 0 Å². The van der Waals surface area contributed by atoms with Gasteiger partial charge in [0.05, 0.1) is 6.10 Å². The lowest BCUT2D eigenvalue weighted by molar-refractivity contribution is -0.114. The van der Waals surface area contributed by atoms with Crippen LogP contribution in [0, 0.1) is 12.3 Å². The topological polar surface area (TPSA) is 41.5 Å². The number of phenols is 1. The quantitative estimate of drug-likeness (QED) is 0.820. The van der Waals surface area contributed by atoms with Crippen LogP contribution < -0.4 is 5.32 Å². The van der Waals surface area contributed by atoms with Gasteiger partial charge >= 0.3 is 0 Å². The fourth-order valence-corrected chi connectivity index (χ4v) is 4.04. The first-order valence-electron chi connectivity index (χ1n) is 7.83. The second-order valence-electron chi connectivity index (χ2n) is 6.32. The highest BCUT2D eigenvalue weighted by molar-refractivity contribution is 5.51. The maximum atomic E-state index is 9.62. The molecule has 2 N–H and O–H groups in total. The minimum atomic E-state index is 0.349. The van der Waals surface area contributed by atoms with Gasteiger partial charge in [0, 0.05) is 23.8 Å². The molecule has 0 aromatic heterocycles. The van der Waals surface area contributed by atoms with Gasteiger partial charge in [-0.1, -0.05) is 12.8 Å². The molecule has 1 aromatic carbocycles. The number of rotatable bonds is 4. The van der Waals surface area contributed by atoms with E-state index in [0.29, 0.717) is 23.3 Å². The van der Waals surface area contributed by atoms with Gasteiger partial charge in [-0.3, -0.25) is 0 Å². The predicted octanol–water partition coefficient (Wildman–Crippen LogP) is 3.85. The molecule has 110 valence electrons. The van der Waals surface area contributed by atoms with E-state index in [-0.39, 0.29) is 0 Å². The molecule has 3 heteroatoms. The van der Waals surface area contributed by atoms with E-state index in [1.54, 1.807) is 6.07 Å². The molecule has 2 atom stereocenters. The van der Waals surface area contributed by atoms with Crippen molar-refractivity contribution in [1.29, 1.82) is 0 Å². The highest BCUT2D eigenvalue weighted by Gasteiger charge is 2.56. The zero-order valence-corrected chi connectivity index (χ0v) is 12.5. The first-order chi connectivity index (χ1) is 9.65. The third kappa shape index (κ3) is 2.18. The van der Waals surface area contributed by atoms with Crippen molar-refractivity contribution < 1.29 is 9.84 Å². The summed E-state index contributed by atoms with van der Waals surface area (Å²) in [4.78, 5) is 0. The summed E-state index contributed by atoms with van der Waals surface area (Å²) >= 11 is 0. The molecule has 0 amide bonds. The third-order valence-electron chi connectivity index (χ3n) is 5.22. The zero-order chi connectivity index (χ0) is 14.2. The second kappa shape index (κ2) is 5.28. The fraction of sp³-hybridized carbons (Fsp3) is 0.647. The van der Waals surface area contributed by atoms with Gasteiger partial charge < -0.3 is 15.2 Å². The Morgan fingerprint density at radius 2 is 2.10 bits per heavy atom. The number of aryl methyl sites for hydroxylation is 1. The minimum Gasteiger partial charge on any atom is -0.508 e. The van der Waals surface area contributed by atoms with E-state index in [1.165, 1.54) is 25.7 Å². The van der Waals surface area contributed by atoms with Crippen LogP contribution in [0.25, 0.3) is 0 Å². The smallest absolute Gasteiger partial charge is 0.118 e. The number of phenolic OH excluding ortho intramolecular Hbond substituents is 1. The van der Waals surface area contributed by atoms with E-state index in [1.807, 2.05) is 19.1 Å². The molecule has 0 aliphatic heterocycles. The molecule has 1 aromatic rings. The Bertz CT molecular complexity index is 480. The third-order valence-corrected chi connectivity index (χ3v) is 5.22. The van der Waals surface area contributed by atoms with Crippen molar-refractivity contribution in [2.45, 2.75) is 58.1 Å². The molecular weight excluding hydrogens is 250 g/mol. The minimum absolute atomic E-state index is 0.349. The summed E-state index contributed by atoms with van der Waals surface area (Å²) in [6, 6.07) is 6.30. The second-order valence-corrected chi connectivity index (χ2v) is 6.32. The molecule has 2 saturated carbocycles. The molecule has 0 bridgehead atoms. The van der Waals surface area contributed by atoms with Gasteiger partial charge in [0.25, 0.3) is 0 Å². The average molecular weight is 275 g/mol. The molecule has 3 nitrogen and oxygen atoms in total. The summed E-state index contributed by atoms with van der Waals surface area (Å²) < 4.78 is 5.95. The highest BCUT2D eigenvalue weighted by Crippen LogP contribution is 2.55. The number of aromatic hydroxyl groups is 1. The maximum Gasteiger partial charge on any atom is 0.118 e. The number of ether oxygens (including phenoxy) is 1. The van der Waals surface area contributed by atoms with E-state index in [9.17, 15) is 5.11 Å². The molecule has 2 fully saturated rings. The van der Waals surface area contributed by atoms with E-state index in [4.69, 9.17) is 4.74 Å². The molecule has 0 saturated heterocycles. The number of nitrogens with one attached hydrogen (secondary N) is 1. The first-order valence-corrected chi connectivity index (χ1v) is 7.83. The number of hydrogen-bond donors (Lipinski definition) is 2. The summed E-state index contributed by atoms with van der Waals surface area (Å²) in [5, 5.41) is 13.3. The van der Waals surface area contributed by atoms with E-state index in [0.717, 1.165) is 24.3 Å². The van der Waals surface area contributed by atoms with Crippen molar-refractivity contribution in [2.24, 2.45) is 5.41 Å². The Morgan fingerprint density at radius 1 is 1.35 bits per heavy atom. The molecule has 3 rings (SSSR count). The predicted molar refractivity (Wildman–Crippen MR) is 81.2 cm³/mol. The Labute approximate surface area is 121 Å². The Morgan fingerprint density at radius 3 is 2.75 bits per heavy atom. The molecule has 2 aliphatic carbocycles. The van der Waals surface area contributed by atoms with Crippen LogP contribution in [0.2, 0.25) is 0 Å². The first kappa shape index (κ1) is 13.7. The molecular formula is C17H25NO2. The van der Waals surface area contributed by atoms with Crippen molar-refractivity contribution in [3.05, 3.63) is 23.8 Å². The monoisotopic (exact) mass is 275 g/mol. The van der Waals surface area contributed by atoms with Crippen LogP contribution in [-0.2, 0) is 4.74 Å². The van der Waals surface area contributed by atoms with Crippen LogP contribution in [0.5, 0.6) is 5.75 Å². The number of anilines is 1. The summed E-state index contributed by atoms with van der Waals surface area (Å²) in [5.74, 6) is 0.368. The molecule has 1 spiro atoms. The normalized spacial score (nSPS) is 27.5. The van der Waals surface area contributed by atoms with E-state index in [2.05, 4.69) is 12.2 Å². The highest BCUT2D eigenvalue weighted by atomic mass is 16.5. The van der Waals surface area contributed by atoms with Crippen molar-refractivity contribution in [3.63, 3.8) is 0 Å². The van der Waals surface area contributed by atoms with Gasteiger partial charge in [0.1, 0.15) is 5.75 Å². The van der Waals surface area contributed by atoms with Crippen LogP contribution in [-0.4, -0.2) is 23.9 Å². The largest absolute Gasteiger partial charge is 0.508 e. The summed E-state index contributed by atoms with van der Waals surface area (Å²) in [5.41, 5.74) is 2.39. The fourth-order valence-electron chi connectivity index (χ4n) is 4.04. The van der Waals surface area contributed by atoms with E-state index >= 15 is 0 Å². The number of benzene rings is 1. The Kier molecular flexibility index (Phi) is 3.63. The molecule has 0 radical (unpaired) electrons. The summed E-state index contributed by atoms with van der Waals surface area (Å²) in [6.07, 6.45) is 6.77. The van der Waals surface area contributed by atoms with Crippen molar-refractivity contribution in [2.75, 3.05) is 11.9 Å². The van der Waals surface area contributed by atoms with Crippen molar-refractivity contribution in [1.82, 2.24) is 0 Å². The van der Waals surface area contributed by atoms with E-state index < -0.39 is 0 Å². The SMILES string of the molecule is CCOC1CC(Nc2ccc(O)c(C)c2)C12CCCC2.